The number of hydrogen-bond acceptors (Lipinski definition) is 5. The highest BCUT2D eigenvalue weighted by Crippen LogP contribution is 2.30. The second kappa shape index (κ2) is 8.45. The maximum atomic E-state index is 13.8. The number of fused-ring (bicyclic) bond motifs is 1. The molecule has 0 amide bonds. The van der Waals surface area contributed by atoms with Crippen LogP contribution in [0.25, 0.3) is 11.0 Å². The number of aromatic nitrogens is 3. The first kappa shape index (κ1) is 20.5. The average Bonchev–Trinajstić information content (AvgIpc) is 3.04. The third-order valence-corrected chi connectivity index (χ3v) is 5.96. The van der Waals surface area contributed by atoms with Gasteiger partial charge < -0.3 is 15.0 Å². The lowest BCUT2D eigenvalue weighted by Crippen LogP contribution is -2.10. The molecule has 0 aliphatic rings. The fraction of sp³-hybridized carbons (Fsp3) is 0.400. The zero-order chi connectivity index (χ0) is 20.4. The molecule has 1 aromatic carbocycles. The van der Waals surface area contributed by atoms with E-state index in [-0.39, 0.29) is 6.10 Å². The number of ether oxygens (including phenoxy) is 1. The van der Waals surface area contributed by atoms with Gasteiger partial charge in [0.25, 0.3) is 0 Å². The number of nitrogens with two attached hydrogens (primary N) is 1. The molecule has 28 heavy (non-hydrogen) atoms. The van der Waals surface area contributed by atoms with Crippen molar-refractivity contribution in [2.45, 2.75) is 44.7 Å². The molecular weight excluding hydrogens is 382 g/mol. The van der Waals surface area contributed by atoms with Crippen LogP contribution in [0.3, 0.4) is 0 Å². The van der Waals surface area contributed by atoms with Crippen LogP contribution in [0.4, 0.5) is 14.6 Å². The van der Waals surface area contributed by atoms with Crippen LogP contribution >= 0.6 is 11.8 Å². The molecule has 1 atom stereocenters. The first-order chi connectivity index (χ1) is 13.3. The van der Waals surface area contributed by atoms with Gasteiger partial charge in [0.15, 0.2) is 5.82 Å². The minimum Gasteiger partial charge on any atom is -0.382 e. The van der Waals surface area contributed by atoms with Crippen molar-refractivity contribution in [3.8, 4) is 0 Å². The van der Waals surface area contributed by atoms with Gasteiger partial charge in [-0.05, 0) is 50.6 Å². The Balaban J connectivity index is 1.84. The van der Waals surface area contributed by atoms with Crippen molar-refractivity contribution in [1.29, 1.82) is 0 Å². The Bertz CT molecular complexity index is 1010. The number of rotatable bonds is 7. The summed E-state index contributed by atoms with van der Waals surface area (Å²) in [6.45, 7) is 6.55. The summed E-state index contributed by atoms with van der Waals surface area (Å²) < 4.78 is 34.4. The summed E-state index contributed by atoms with van der Waals surface area (Å²) >= 11 is 1.37. The average molecular weight is 407 g/mol. The molecule has 2 N–H and O–H groups in total. The van der Waals surface area contributed by atoms with E-state index < -0.39 is 11.6 Å². The van der Waals surface area contributed by atoms with E-state index in [0.29, 0.717) is 28.5 Å². The summed E-state index contributed by atoms with van der Waals surface area (Å²) in [7, 11) is 1.64. The number of nitrogens with zero attached hydrogens (tertiary/aromatic N) is 3. The third kappa shape index (κ3) is 3.98. The number of methoxy groups -OCH3 is 1. The Morgan fingerprint density at radius 2 is 2.00 bits per heavy atom. The molecule has 2 aromatic heterocycles. The van der Waals surface area contributed by atoms with Crippen molar-refractivity contribution in [2.75, 3.05) is 18.6 Å². The molecule has 3 aromatic rings. The molecule has 0 saturated carbocycles. The van der Waals surface area contributed by atoms with Gasteiger partial charge in [-0.15, -0.1) is 11.8 Å². The predicted octanol–water partition coefficient (Wildman–Crippen LogP) is 4.80. The number of nitrogen functional groups attached to an aromatic ring is 1. The van der Waals surface area contributed by atoms with Crippen LogP contribution < -0.4 is 5.73 Å². The molecule has 0 bridgehead atoms. The molecule has 2 heterocycles. The zero-order valence-electron chi connectivity index (χ0n) is 16.4. The van der Waals surface area contributed by atoms with E-state index in [9.17, 15) is 8.78 Å². The zero-order valence-corrected chi connectivity index (χ0v) is 17.2. The molecule has 3 rings (SSSR count). The van der Waals surface area contributed by atoms with Gasteiger partial charge in [0.2, 0.25) is 0 Å². The van der Waals surface area contributed by atoms with Gasteiger partial charge in [-0.2, -0.15) is 0 Å². The molecule has 1 unspecified atom stereocenters. The molecule has 150 valence electrons. The molecule has 0 spiro atoms. The van der Waals surface area contributed by atoms with Crippen molar-refractivity contribution < 1.29 is 13.5 Å². The Kier molecular flexibility index (Phi) is 6.20. The van der Waals surface area contributed by atoms with Gasteiger partial charge in [-0.25, -0.2) is 18.7 Å². The summed E-state index contributed by atoms with van der Waals surface area (Å²) in [5.74, 6) is 0.780. The van der Waals surface area contributed by atoms with Crippen LogP contribution in [0.5, 0.6) is 0 Å². The van der Waals surface area contributed by atoms with E-state index >= 15 is 0 Å². The van der Waals surface area contributed by atoms with E-state index in [0.717, 1.165) is 35.1 Å². The number of halogens is 2. The molecule has 8 heteroatoms. The Labute approximate surface area is 167 Å². The topological polar surface area (TPSA) is 66.0 Å². The lowest BCUT2D eigenvalue weighted by molar-refractivity contribution is 0.109. The van der Waals surface area contributed by atoms with E-state index in [1.165, 1.54) is 23.9 Å². The highest BCUT2D eigenvalue weighted by atomic mass is 32.2. The lowest BCUT2D eigenvalue weighted by Gasteiger charge is -2.15. The second-order valence-corrected chi connectivity index (χ2v) is 7.82. The normalized spacial score (nSPS) is 12.6. The van der Waals surface area contributed by atoms with Gasteiger partial charge in [0.1, 0.15) is 29.1 Å². The van der Waals surface area contributed by atoms with Crippen LogP contribution in [-0.4, -0.2) is 27.4 Å². The summed E-state index contributed by atoms with van der Waals surface area (Å²) in [6, 6.07) is 3.65. The quantitative estimate of drug-likeness (QED) is 0.451. The van der Waals surface area contributed by atoms with E-state index in [1.807, 2.05) is 20.8 Å². The first-order valence-corrected chi connectivity index (χ1v) is 10.1. The van der Waals surface area contributed by atoms with Crippen molar-refractivity contribution in [3.05, 3.63) is 46.9 Å². The van der Waals surface area contributed by atoms with Gasteiger partial charge in [-0.1, -0.05) is 0 Å². The highest BCUT2D eigenvalue weighted by Gasteiger charge is 2.21. The van der Waals surface area contributed by atoms with Crippen LogP contribution in [0.15, 0.2) is 23.1 Å². The van der Waals surface area contributed by atoms with Crippen LogP contribution in [0.1, 0.15) is 36.5 Å². The fourth-order valence-corrected chi connectivity index (χ4v) is 4.01. The van der Waals surface area contributed by atoms with E-state index in [1.54, 1.807) is 7.11 Å². The van der Waals surface area contributed by atoms with Crippen molar-refractivity contribution in [1.82, 2.24) is 14.5 Å². The number of anilines is 1. The maximum Gasteiger partial charge on any atom is 0.151 e. The fourth-order valence-electron chi connectivity index (χ4n) is 3.16. The summed E-state index contributed by atoms with van der Waals surface area (Å²) in [5, 5.41) is 0. The minimum atomic E-state index is -0.568. The summed E-state index contributed by atoms with van der Waals surface area (Å²) in [4.78, 5) is 9.51. The molecule has 0 saturated heterocycles. The number of benzene rings is 1. The first-order valence-electron chi connectivity index (χ1n) is 9.07. The van der Waals surface area contributed by atoms with Gasteiger partial charge in [0, 0.05) is 30.3 Å². The maximum absolute atomic E-state index is 13.8. The number of thioether (sulfide) groups is 1. The molecule has 5 nitrogen and oxygen atoms in total. The second-order valence-electron chi connectivity index (χ2n) is 6.68. The number of pyridine rings is 1. The number of imidazole rings is 1. The van der Waals surface area contributed by atoms with E-state index in [4.69, 9.17) is 10.5 Å². The van der Waals surface area contributed by atoms with Gasteiger partial charge in [-0.3, -0.25) is 0 Å². The molecule has 0 radical (unpaired) electrons. The molecular formula is C20H24F2N4OS. The third-order valence-electron chi connectivity index (χ3n) is 4.82. The monoisotopic (exact) mass is 406 g/mol. The lowest BCUT2D eigenvalue weighted by atomic mass is 10.2. The summed E-state index contributed by atoms with van der Waals surface area (Å²) in [5.41, 5.74) is 9.64. The van der Waals surface area contributed by atoms with Crippen LogP contribution in [0, 0.1) is 25.5 Å². The van der Waals surface area contributed by atoms with E-state index in [2.05, 4.69) is 14.5 Å². The van der Waals surface area contributed by atoms with Gasteiger partial charge in [0.05, 0.1) is 5.52 Å². The van der Waals surface area contributed by atoms with Crippen LogP contribution in [-0.2, 0) is 11.3 Å². The predicted molar refractivity (Wildman–Crippen MR) is 109 cm³/mol. The van der Waals surface area contributed by atoms with Crippen molar-refractivity contribution in [2.24, 2.45) is 0 Å². The highest BCUT2D eigenvalue weighted by molar-refractivity contribution is 7.99. The van der Waals surface area contributed by atoms with Gasteiger partial charge >= 0.3 is 0 Å². The van der Waals surface area contributed by atoms with Crippen LogP contribution in [0.2, 0.25) is 0 Å². The molecule has 0 aliphatic carbocycles. The minimum absolute atomic E-state index is 0.200. The number of hydrogen-bond donors (Lipinski definition) is 1. The molecule has 0 aliphatic heterocycles. The van der Waals surface area contributed by atoms with Crippen molar-refractivity contribution in [3.63, 3.8) is 0 Å². The SMILES string of the molecule is COC(C)c1nc2c(N)nc(C)c(C)c2n1CCCSc1ccc(F)cc1F. The Morgan fingerprint density at radius 1 is 1.25 bits per heavy atom. The molecule has 0 fully saturated rings. The van der Waals surface area contributed by atoms with Crippen molar-refractivity contribution >= 4 is 28.6 Å². The Hall–Kier alpha value is -2.19. The smallest absolute Gasteiger partial charge is 0.151 e. The largest absolute Gasteiger partial charge is 0.382 e. The standard InChI is InChI=1S/C20H24F2N4OS/c1-11-12(2)24-19(23)17-18(11)26(20(25-17)13(3)27-4)8-5-9-28-16-7-6-14(21)10-15(16)22/h6-7,10,13H,5,8-9H2,1-4H3,(H2,23,24). The number of aryl methyl sites for hydroxylation is 3. The Morgan fingerprint density at radius 3 is 2.68 bits per heavy atom. The summed E-state index contributed by atoms with van der Waals surface area (Å²) in [6.07, 6.45) is 0.575.